The third kappa shape index (κ3) is 4.92. The number of ether oxygens (including phenoxy) is 1. The molecule has 0 heterocycles. The molecular weight excluding hydrogens is 334 g/mol. The van der Waals surface area contributed by atoms with Crippen LogP contribution in [0.1, 0.15) is 47.4 Å². The Labute approximate surface area is 151 Å². The average Bonchev–Trinajstić information content (AvgIpc) is 2.62. The van der Waals surface area contributed by atoms with Crippen molar-refractivity contribution in [2.75, 3.05) is 5.32 Å². The number of amides is 1. The first kappa shape index (κ1) is 19.2. The second-order valence-corrected chi connectivity index (χ2v) is 5.80. The van der Waals surface area contributed by atoms with Gasteiger partial charge in [0, 0.05) is 17.7 Å². The van der Waals surface area contributed by atoms with Crippen LogP contribution in [-0.4, -0.2) is 28.9 Å². The Kier molecular flexibility index (Phi) is 6.49. The number of hydrogen-bond donors (Lipinski definition) is 2. The highest BCUT2D eigenvalue weighted by atomic mass is 16.5. The van der Waals surface area contributed by atoms with E-state index in [-0.39, 0.29) is 23.0 Å². The third-order valence-electron chi connectivity index (χ3n) is 3.71. The molecule has 0 spiro atoms. The van der Waals surface area contributed by atoms with Gasteiger partial charge in [0.15, 0.2) is 6.10 Å². The number of benzene rings is 2. The van der Waals surface area contributed by atoms with Gasteiger partial charge in [-0.1, -0.05) is 19.1 Å². The van der Waals surface area contributed by atoms with E-state index in [9.17, 15) is 19.5 Å². The number of anilines is 1. The van der Waals surface area contributed by atoms with Gasteiger partial charge in [0.25, 0.3) is 0 Å². The van der Waals surface area contributed by atoms with E-state index in [2.05, 4.69) is 5.32 Å². The number of carbonyl (C=O) groups is 3. The summed E-state index contributed by atoms with van der Waals surface area (Å²) in [7, 11) is 0. The van der Waals surface area contributed by atoms with E-state index in [1.165, 1.54) is 19.1 Å². The number of aromatic hydroxyl groups is 1. The maximum absolute atomic E-state index is 12.4. The van der Waals surface area contributed by atoms with Crippen LogP contribution in [0.25, 0.3) is 0 Å². The second-order valence-electron chi connectivity index (χ2n) is 5.80. The van der Waals surface area contributed by atoms with Gasteiger partial charge in [-0.05, 0) is 49.7 Å². The molecule has 0 aliphatic rings. The number of phenolic OH excluding ortho intramolecular Hbond substituents is 1. The van der Waals surface area contributed by atoms with E-state index in [0.29, 0.717) is 17.7 Å². The molecule has 6 nitrogen and oxygen atoms in total. The zero-order chi connectivity index (χ0) is 19.1. The smallest absolute Gasteiger partial charge is 0.342 e. The molecule has 2 N–H and O–H groups in total. The quantitative estimate of drug-likeness (QED) is 0.585. The molecule has 2 aromatic carbocycles. The molecule has 0 aromatic heterocycles. The van der Waals surface area contributed by atoms with Crippen molar-refractivity contribution >= 4 is 23.3 Å². The van der Waals surface area contributed by atoms with Crippen molar-refractivity contribution in [3.05, 3.63) is 59.7 Å². The van der Waals surface area contributed by atoms with E-state index in [1.54, 1.807) is 36.4 Å². The molecule has 0 bridgehead atoms. The van der Waals surface area contributed by atoms with Crippen LogP contribution < -0.4 is 5.32 Å². The number of Topliss-reactive ketones (excluding diaryl/α,β-unsaturated/α-hetero) is 1. The standard InChI is InChI=1S/C20H21NO5/c1-3-6-18(23)21-15-11-9-14(10-12-15)19(24)13(2)26-20(25)16-7-4-5-8-17(16)22/h4-5,7-13,22H,3,6H2,1-2H3,(H,21,23)/t13-/m1/s1. The SMILES string of the molecule is CCCC(=O)Nc1ccc(C(=O)[C@@H](C)OC(=O)c2ccccc2O)cc1. The fourth-order valence-corrected chi connectivity index (χ4v) is 2.33. The van der Waals surface area contributed by atoms with Gasteiger partial charge in [-0.3, -0.25) is 9.59 Å². The third-order valence-corrected chi connectivity index (χ3v) is 3.71. The Hall–Kier alpha value is -3.15. The van der Waals surface area contributed by atoms with Crippen molar-refractivity contribution in [3.63, 3.8) is 0 Å². The van der Waals surface area contributed by atoms with Crippen LogP contribution in [0.3, 0.4) is 0 Å². The molecule has 0 saturated carbocycles. The topological polar surface area (TPSA) is 92.7 Å². The van der Waals surface area contributed by atoms with E-state index in [4.69, 9.17) is 4.74 Å². The number of ketones is 1. The number of nitrogens with one attached hydrogen (secondary N) is 1. The van der Waals surface area contributed by atoms with Gasteiger partial charge < -0.3 is 15.2 Å². The Balaban J connectivity index is 2.00. The fourth-order valence-electron chi connectivity index (χ4n) is 2.33. The summed E-state index contributed by atoms with van der Waals surface area (Å²) >= 11 is 0. The molecule has 2 rings (SSSR count). The molecule has 0 aliphatic carbocycles. The monoisotopic (exact) mass is 355 g/mol. The van der Waals surface area contributed by atoms with Crippen LogP contribution in [0.5, 0.6) is 5.75 Å². The van der Waals surface area contributed by atoms with Gasteiger partial charge in [0.1, 0.15) is 11.3 Å². The largest absolute Gasteiger partial charge is 0.507 e. The Morgan fingerprint density at radius 3 is 2.35 bits per heavy atom. The normalized spacial score (nSPS) is 11.5. The van der Waals surface area contributed by atoms with Crippen LogP contribution in [0.2, 0.25) is 0 Å². The van der Waals surface area contributed by atoms with Crippen molar-refractivity contribution in [2.45, 2.75) is 32.8 Å². The molecule has 0 saturated heterocycles. The molecule has 136 valence electrons. The highest BCUT2D eigenvalue weighted by Gasteiger charge is 2.21. The Morgan fingerprint density at radius 2 is 1.73 bits per heavy atom. The van der Waals surface area contributed by atoms with Crippen molar-refractivity contribution in [1.82, 2.24) is 0 Å². The van der Waals surface area contributed by atoms with E-state index in [0.717, 1.165) is 6.42 Å². The summed E-state index contributed by atoms with van der Waals surface area (Å²) in [5.74, 6) is -1.44. The van der Waals surface area contributed by atoms with Crippen molar-refractivity contribution in [2.24, 2.45) is 0 Å². The molecule has 1 amide bonds. The Morgan fingerprint density at radius 1 is 1.08 bits per heavy atom. The lowest BCUT2D eigenvalue weighted by atomic mass is 10.1. The minimum atomic E-state index is -1.01. The summed E-state index contributed by atoms with van der Waals surface area (Å²) in [6, 6.07) is 12.3. The van der Waals surface area contributed by atoms with Crippen molar-refractivity contribution < 1.29 is 24.2 Å². The molecule has 0 fully saturated rings. The number of phenols is 1. The van der Waals surface area contributed by atoms with Gasteiger partial charge >= 0.3 is 5.97 Å². The maximum Gasteiger partial charge on any atom is 0.342 e. The van der Waals surface area contributed by atoms with Crippen molar-refractivity contribution in [3.8, 4) is 5.75 Å². The lowest BCUT2D eigenvalue weighted by Crippen LogP contribution is -2.24. The molecule has 0 radical (unpaired) electrons. The maximum atomic E-state index is 12.4. The van der Waals surface area contributed by atoms with Gasteiger partial charge in [0.2, 0.25) is 11.7 Å². The van der Waals surface area contributed by atoms with Gasteiger partial charge in [0.05, 0.1) is 0 Å². The number of rotatable bonds is 7. The lowest BCUT2D eigenvalue weighted by molar-refractivity contribution is -0.116. The molecule has 0 aliphatic heterocycles. The summed E-state index contributed by atoms with van der Waals surface area (Å²) in [6.07, 6.45) is 0.171. The molecule has 26 heavy (non-hydrogen) atoms. The molecule has 0 unspecified atom stereocenters. The second kappa shape index (κ2) is 8.80. The number of hydrogen-bond acceptors (Lipinski definition) is 5. The molecule has 2 aromatic rings. The van der Waals surface area contributed by atoms with Crippen LogP contribution in [-0.2, 0) is 9.53 Å². The predicted octanol–water partition coefficient (Wildman–Crippen LogP) is 3.56. The van der Waals surface area contributed by atoms with E-state index >= 15 is 0 Å². The Bertz CT molecular complexity index is 798. The summed E-state index contributed by atoms with van der Waals surface area (Å²) in [6.45, 7) is 3.39. The zero-order valence-corrected chi connectivity index (χ0v) is 14.7. The first-order valence-corrected chi connectivity index (χ1v) is 8.35. The van der Waals surface area contributed by atoms with Gasteiger partial charge in [-0.15, -0.1) is 0 Å². The van der Waals surface area contributed by atoms with Crippen molar-refractivity contribution in [1.29, 1.82) is 0 Å². The first-order valence-electron chi connectivity index (χ1n) is 8.35. The fraction of sp³-hybridized carbons (Fsp3) is 0.250. The first-order chi connectivity index (χ1) is 12.4. The van der Waals surface area contributed by atoms with E-state index < -0.39 is 12.1 Å². The van der Waals surface area contributed by atoms with Gasteiger partial charge in [-0.25, -0.2) is 4.79 Å². The zero-order valence-electron chi connectivity index (χ0n) is 14.7. The summed E-state index contributed by atoms with van der Waals surface area (Å²) < 4.78 is 5.14. The summed E-state index contributed by atoms with van der Waals surface area (Å²) in [5, 5.41) is 12.4. The number of carbonyl (C=O) groups excluding carboxylic acids is 3. The van der Waals surface area contributed by atoms with Crippen LogP contribution in [0.15, 0.2) is 48.5 Å². The summed E-state index contributed by atoms with van der Waals surface area (Å²) in [5.41, 5.74) is 0.955. The van der Waals surface area contributed by atoms with Crippen LogP contribution >= 0.6 is 0 Å². The molecule has 6 heteroatoms. The average molecular weight is 355 g/mol. The highest BCUT2D eigenvalue weighted by Crippen LogP contribution is 2.18. The number of para-hydroxylation sites is 1. The summed E-state index contributed by atoms with van der Waals surface area (Å²) in [4.78, 5) is 36.0. The lowest BCUT2D eigenvalue weighted by Gasteiger charge is -2.13. The minimum Gasteiger partial charge on any atom is -0.507 e. The predicted molar refractivity (Wildman–Crippen MR) is 97.3 cm³/mol. The van der Waals surface area contributed by atoms with E-state index in [1.807, 2.05) is 6.92 Å². The minimum absolute atomic E-state index is 0.00105. The number of esters is 1. The highest BCUT2D eigenvalue weighted by molar-refractivity contribution is 6.02. The molecule has 1 atom stereocenters. The van der Waals surface area contributed by atoms with Gasteiger partial charge in [-0.2, -0.15) is 0 Å². The molecular formula is C20H21NO5. The van der Waals surface area contributed by atoms with Crippen LogP contribution in [0, 0.1) is 0 Å². The van der Waals surface area contributed by atoms with Crippen LogP contribution in [0.4, 0.5) is 5.69 Å².